The van der Waals surface area contributed by atoms with Crippen LogP contribution in [-0.4, -0.2) is 19.5 Å². The Morgan fingerprint density at radius 2 is 0.690 bits per heavy atom. The number of furan rings is 3. The van der Waals surface area contributed by atoms with Gasteiger partial charge in [0.1, 0.15) is 33.5 Å². The van der Waals surface area contributed by atoms with Gasteiger partial charge in [0.25, 0.3) is 0 Å². The van der Waals surface area contributed by atoms with Gasteiger partial charge in [0.15, 0.2) is 17.5 Å². The fourth-order valence-electron chi connectivity index (χ4n) is 9.00. The lowest BCUT2D eigenvalue weighted by Crippen LogP contribution is -2.01. The third-order valence-corrected chi connectivity index (χ3v) is 11.5. The molecule has 58 heavy (non-hydrogen) atoms. The normalized spacial score (nSPS) is 12.1. The van der Waals surface area contributed by atoms with E-state index in [0.717, 1.165) is 99.2 Å². The molecule has 0 aliphatic rings. The monoisotopic (exact) mass is 744 g/mol. The highest BCUT2D eigenvalue weighted by atomic mass is 16.3. The Kier molecular flexibility index (Phi) is 6.32. The van der Waals surface area contributed by atoms with Crippen molar-refractivity contribution in [3.05, 3.63) is 170 Å². The summed E-state index contributed by atoms with van der Waals surface area (Å²) in [4.78, 5) is 15.9. The van der Waals surface area contributed by atoms with Crippen molar-refractivity contribution in [1.82, 2.24) is 19.5 Å². The van der Waals surface area contributed by atoms with Gasteiger partial charge in [-0.3, -0.25) is 0 Å². The number of aromatic nitrogens is 4. The zero-order valence-electron chi connectivity index (χ0n) is 30.7. The number of benzene rings is 8. The van der Waals surface area contributed by atoms with Crippen LogP contribution in [0.15, 0.2) is 183 Å². The van der Waals surface area contributed by atoms with Crippen LogP contribution >= 0.6 is 0 Å². The minimum atomic E-state index is 0.533. The molecule has 13 aromatic rings. The molecule has 8 aromatic carbocycles. The van der Waals surface area contributed by atoms with Crippen molar-refractivity contribution in [1.29, 1.82) is 0 Å². The Bertz CT molecular complexity index is 3640. The largest absolute Gasteiger partial charge is 0.456 e. The van der Waals surface area contributed by atoms with E-state index in [1.165, 1.54) is 10.8 Å². The number of nitrogens with zero attached hydrogens (tertiary/aromatic N) is 4. The fourth-order valence-corrected chi connectivity index (χ4v) is 9.00. The van der Waals surface area contributed by atoms with Crippen molar-refractivity contribution in [2.45, 2.75) is 0 Å². The van der Waals surface area contributed by atoms with Crippen molar-refractivity contribution >= 4 is 87.6 Å². The number of para-hydroxylation sites is 4. The molecule has 5 aromatic heterocycles. The number of hydrogen-bond acceptors (Lipinski definition) is 6. The molecule has 7 heteroatoms. The van der Waals surface area contributed by atoms with Gasteiger partial charge < -0.3 is 17.8 Å². The first-order chi connectivity index (χ1) is 28.7. The van der Waals surface area contributed by atoms with Gasteiger partial charge in [-0.25, -0.2) is 15.0 Å². The summed E-state index contributed by atoms with van der Waals surface area (Å²) < 4.78 is 21.6. The molecule has 0 saturated carbocycles. The summed E-state index contributed by atoms with van der Waals surface area (Å²) in [5.74, 6) is 1.61. The molecule has 0 saturated heterocycles. The van der Waals surface area contributed by atoms with Crippen LogP contribution in [0, 0.1) is 0 Å². The molecule has 0 amide bonds. The SMILES string of the molecule is c1ccc2c(c1)oc1cccc(-c3nc(-c4cccc5oc6ccccc6c45)nc(-c4cccc5oc6ccc(-n7c8ccccc8c8ccccc87)cc6c45)n3)c12. The van der Waals surface area contributed by atoms with Crippen LogP contribution in [-0.2, 0) is 0 Å². The van der Waals surface area contributed by atoms with Gasteiger partial charge in [0, 0.05) is 65.5 Å². The highest BCUT2D eigenvalue weighted by Gasteiger charge is 2.23. The lowest BCUT2D eigenvalue weighted by molar-refractivity contribution is 0.668. The molecular weight excluding hydrogens is 717 g/mol. The van der Waals surface area contributed by atoms with E-state index in [9.17, 15) is 0 Å². The summed E-state index contributed by atoms with van der Waals surface area (Å²) >= 11 is 0. The molecular formula is C51H28N4O3. The molecule has 7 nitrogen and oxygen atoms in total. The summed E-state index contributed by atoms with van der Waals surface area (Å²) in [6.07, 6.45) is 0. The molecule has 5 heterocycles. The molecule has 0 bridgehead atoms. The Morgan fingerprint density at radius 3 is 1.17 bits per heavy atom. The predicted octanol–water partition coefficient (Wildman–Crippen LogP) is 13.7. The summed E-state index contributed by atoms with van der Waals surface area (Å²) in [6, 6.07) is 57.9. The molecule has 0 aliphatic carbocycles. The first-order valence-electron chi connectivity index (χ1n) is 19.3. The topological polar surface area (TPSA) is 83.0 Å². The van der Waals surface area contributed by atoms with Crippen LogP contribution in [0.2, 0.25) is 0 Å². The molecule has 0 fully saturated rings. The lowest BCUT2D eigenvalue weighted by atomic mass is 10.0. The Hall–Kier alpha value is -8.03. The van der Waals surface area contributed by atoms with E-state index in [2.05, 4.69) is 102 Å². The Labute approximate surface area is 329 Å². The Balaban J connectivity index is 1.10. The summed E-state index contributed by atoms with van der Waals surface area (Å²) in [5.41, 5.74) is 10.6. The van der Waals surface area contributed by atoms with Crippen molar-refractivity contribution in [2.75, 3.05) is 0 Å². The number of fused-ring (bicyclic) bond motifs is 12. The maximum Gasteiger partial charge on any atom is 0.164 e. The zero-order chi connectivity index (χ0) is 37.9. The molecule has 0 unspecified atom stereocenters. The average Bonchev–Trinajstić information content (AvgIpc) is 4.04. The van der Waals surface area contributed by atoms with Crippen LogP contribution in [0.1, 0.15) is 0 Å². The van der Waals surface area contributed by atoms with Gasteiger partial charge in [-0.2, -0.15) is 0 Å². The molecule has 0 aliphatic heterocycles. The summed E-state index contributed by atoms with van der Waals surface area (Å²) in [6.45, 7) is 0. The fraction of sp³-hybridized carbons (Fsp3) is 0. The van der Waals surface area contributed by atoms with Gasteiger partial charge in [-0.05, 0) is 60.7 Å². The minimum Gasteiger partial charge on any atom is -0.456 e. The van der Waals surface area contributed by atoms with Gasteiger partial charge in [-0.1, -0.05) is 109 Å². The first-order valence-corrected chi connectivity index (χ1v) is 19.3. The van der Waals surface area contributed by atoms with E-state index in [1.54, 1.807) is 0 Å². The second kappa shape index (κ2) is 11.7. The smallest absolute Gasteiger partial charge is 0.164 e. The molecule has 0 spiro atoms. The van der Waals surface area contributed by atoms with E-state index in [4.69, 9.17) is 28.2 Å². The zero-order valence-corrected chi connectivity index (χ0v) is 30.7. The standard InChI is InChI=1S/C51H28N4O3/c1-5-19-38-30(12-1)31-13-2-6-20-39(31)55(38)29-26-27-42-37(28-29)48-36(18-11-25-45(48)58-42)51-53-49(34-16-9-23-43-46(34)32-14-3-7-21-40(32)56-43)52-50(54-51)35-17-10-24-44-47(35)33-15-4-8-22-41(33)57-44/h1-28H. The highest BCUT2D eigenvalue weighted by molar-refractivity contribution is 6.16. The number of rotatable bonds is 4. The first kappa shape index (κ1) is 31.2. The molecule has 270 valence electrons. The second-order valence-electron chi connectivity index (χ2n) is 14.7. The predicted molar refractivity (Wildman–Crippen MR) is 232 cm³/mol. The highest BCUT2D eigenvalue weighted by Crippen LogP contribution is 2.42. The van der Waals surface area contributed by atoms with Crippen molar-refractivity contribution in [2.24, 2.45) is 0 Å². The van der Waals surface area contributed by atoms with Crippen molar-refractivity contribution in [3.8, 4) is 39.9 Å². The van der Waals surface area contributed by atoms with E-state index >= 15 is 0 Å². The minimum absolute atomic E-state index is 0.533. The number of hydrogen-bond donors (Lipinski definition) is 0. The van der Waals surface area contributed by atoms with E-state index in [0.29, 0.717) is 17.5 Å². The molecule has 0 atom stereocenters. The molecule has 13 rings (SSSR count). The summed E-state index contributed by atoms with van der Waals surface area (Å²) in [5, 5.41) is 8.23. The maximum atomic E-state index is 6.58. The third kappa shape index (κ3) is 4.41. The second-order valence-corrected chi connectivity index (χ2v) is 14.7. The van der Waals surface area contributed by atoms with Crippen LogP contribution in [0.3, 0.4) is 0 Å². The van der Waals surface area contributed by atoms with Crippen LogP contribution in [0.5, 0.6) is 0 Å². The van der Waals surface area contributed by atoms with E-state index in [-0.39, 0.29) is 0 Å². The molecule has 0 N–H and O–H groups in total. The van der Waals surface area contributed by atoms with Crippen LogP contribution < -0.4 is 0 Å². The van der Waals surface area contributed by atoms with E-state index < -0.39 is 0 Å². The average molecular weight is 745 g/mol. The van der Waals surface area contributed by atoms with Crippen molar-refractivity contribution < 1.29 is 13.3 Å². The van der Waals surface area contributed by atoms with Gasteiger partial charge in [-0.15, -0.1) is 0 Å². The lowest BCUT2D eigenvalue weighted by Gasteiger charge is -2.11. The van der Waals surface area contributed by atoms with E-state index in [1.807, 2.05) is 72.8 Å². The van der Waals surface area contributed by atoms with Crippen LogP contribution in [0.25, 0.3) is 127 Å². The van der Waals surface area contributed by atoms with Gasteiger partial charge in [0.05, 0.1) is 11.0 Å². The van der Waals surface area contributed by atoms with Crippen molar-refractivity contribution in [3.63, 3.8) is 0 Å². The van der Waals surface area contributed by atoms with Crippen LogP contribution in [0.4, 0.5) is 0 Å². The van der Waals surface area contributed by atoms with Gasteiger partial charge in [0.2, 0.25) is 0 Å². The maximum absolute atomic E-state index is 6.58. The third-order valence-electron chi connectivity index (χ3n) is 11.5. The molecule has 0 radical (unpaired) electrons. The Morgan fingerprint density at radius 1 is 0.310 bits per heavy atom. The quantitative estimate of drug-likeness (QED) is 0.178. The van der Waals surface area contributed by atoms with Gasteiger partial charge >= 0.3 is 0 Å². The summed E-state index contributed by atoms with van der Waals surface area (Å²) in [7, 11) is 0.